The SMILES string of the molecule is CC(C)C(NC(=O)NC1CCCCC1)C(=O)N1CC2(C)CC1CC(C)(C)C2. The van der Waals surface area contributed by atoms with E-state index in [0.717, 1.165) is 32.2 Å². The lowest BCUT2D eigenvalue weighted by Crippen LogP contribution is -2.56. The zero-order valence-corrected chi connectivity index (χ0v) is 17.9. The third kappa shape index (κ3) is 4.78. The van der Waals surface area contributed by atoms with Crippen LogP contribution in [0.2, 0.25) is 0 Å². The molecule has 1 aliphatic heterocycles. The van der Waals surface area contributed by atoms with Crippen molar-refractivity contribution in [2.75, 3.05) is 6.54 Å². The van der Waals surface area contributed by atoms with Crippen LogP contribution in [-0.2, 0) is 4.79 Å². The van der Waals surface area contributed by atoms with Crippen LogP contribution in [0.1, 0.15) is 86.0 Å². The minimum atomic E-state index is -0.445. The summed E-state index contributed by atoms with van der Waals surface area (Å²) in [5.74, 6) is 0.186. The summed E-state index contributed by atoms with van der Waals surface area (Å²) >= 11 is 0. The molecule has 5 nitrogen and oxygen atoms in total. The van der Waals surface area contributed by atoms with E-state index in [1.807, 2.05) is 13.8 Å². The van der Waals surface area contributed by atoms with Crippen molar-refractivity contribution in [3.05, 3.63) is 0 Å². The Morgan fingerprint density at radius 1 is 1.04 bits per heavy atom. The van der Waals surface area contributed by atoms with Crippen LogP contribution in [0.4, 0.5) is 4.79 Å². The topological polar surface area (TPSA) is 61.4 Å². The summed E-state index contributed by atoms with van der Waals surface area (Å²) < 4.78 is 0. The lowest BCUT2D eigenvalue weighted by molar-refractivity contribution is -0.135. The number of amides is 3. The molecular weight excluding hydrogens is 338 g/mol. The first-order chi connectivity index (χ1) is 12.6. The standard InChI is InChI=1S/C22H39N3O2/c1-15(2)18(24-20(27)23-16-9-7-6-8-10-16)19(26)25-14-22(5)12-17(25)11-21(3,4)13-22/h15-18H,6-14H2,1-5H3,(H2,23,24,27). The van der Waals surface area contributed by atoms with Crippen LogP contribution in [0.5, 0.6) is 0 Å². The molecule has 1 saturated heterocycles. The number of likely N-dealkylation sites (tertiary alicyclic amines) is 1. The highest BCUT2D eigenvalue weighted by Crippen LogP contribution is 2.52. The smallest absolute Gasteiger partial charge is 0.315 e. The molecule has 3 fully saturated rings. The lowest BCUT2D eigenvalue weighted by atomic mass is 9.65. The maximum Gasteiger partial charge on any atom is 0.315 e. The Labute approximate surface area is 165 Å². The summed E-state index contributed by atoms with van der Waals surface area (Å²) in [6.07, 6.45) is 9.06. The first kappa shape index (κ1) is 20.5. The van der Waals surface area contributed by atoms with E-state index in [2.05, 4.69) is 36.3 Å². The fraction of sp³-hybridized carbons (Fsp3) is 0.909. The first-order valence-corrected chi connectivity index (χ1v) is 11.0. The van der Waals surface area contributed by atoms with Gasteiger partial charge in [0.05, 0.1) is 0 Å². The Morgan fingerprint density at radius 3 is 2.33 bits per heavy atom. The van der Waals surface area contributed by atoms with Gasteiger partial charge in [-0.2, -0.15) is 0 Å². The first-order valence-electron chi connectivity index (χ1n) is 11.0. The third-order valence-corrected chi connectivity index (χ3v) is 6.86. The van der Waals surface area contributed by atoms with E-state index in [0.29, 0.717) is 6.04 Å². The summed E-state index contributed by atoms with van der Waals surface area (Å²) in [5.41, 5.74) is 0.500. The number of nitrogens with one attached hydrogen (secondary N) is 2. The summed E-state index contributed by atoms with van der Waals surface area (Å²) in [7, 11) is 0. The summed E-state index contributed by atoms with van der Waals surface area (Å²) in [6.45, 7) is 11.8. The molecule has 0 aromatic rings. The lowest BCUT2D eigenvalue weighted by Gasteiger charge is -2.39. The van der Waals surface area contributed by atoms with E-state index in [-0.39, 0.29) is 34.7 Å². The van der Waals surface area contributed by atoms with Crippen molar-refractivity contribution in [3.63, 3.8) is 0 Å². The average molecular weight is 378 g/mol. The summed E-state index contributed by atoms with van der Waals surface area (Å²) in [4.78, 5) is 28.0. The molecule has 2 aliphatic carbocycles. The van der Waals surface area contributed by atoms with Gasteiger partial charge in [-0.1, -0.05) is 53.9 Å². The predicted octanol–water partition coefficient (Wildman–Crippen LogP) is 4.07. The van der Waals surface area contributed by atoms with E-state index in [1.54, 1.807) is 0 Å². The van der Waals surface area contributed by atoms with Crippen LogP contribution >= 0.6 is 0 Å². The largest absolute Gasteiger partial charge is 0.337 e. The van der Waals surface area contributed by atoms with E-state index in [9.17, 15) is 9.59 Å². The highest BCUT2D eigenvalue weighted by atomic mass is 16.2. The van der Waals surface area contributed by atoms with Gasteiger partial charge in [0.15, 0.2) is 0 Å². The van der Waals surface area contributed by atoms with Crippen molar-refractivity contribution in [2.24, 2.45) is 16.7 Å². The second-order valence-corrected chi connectivity index (χ2v) is 10.9. The highest BCUT2D eigenvalue weighted by Gasteiger charge is 2.52. The molecule has 3 rings (SSSR count). The van der Waals surface area contributed by atoms with Crippen molar-refractivity contribution >= 4 is 11.9 Å². The molecule has 2 bridgehead atoms. The van der Waals surface area contributed by atoms with Gasteiger partial charge in [0.25, 0.3) is 0 Å². The average Bonchev–Trinajstić information content (AvgIpc) is 2.81. The molecule has 1 heterocycles. The van der Waals surface area contributed by atoms with Crippen molar-refractivity contribution in [2.45, 2.75) is 104 Å². The second kappa shape index (κ2) is 7.63. The fourth-order valence-electron chi connectivity index (χ4n) is 6.03. The van der Waals surface area contributed by atoms with Crippen molar-refractivity contribution in [1.82, 2.24) is 15.5 Å². The number of fused-ring (bicyclic) bond motifs is 2. The van der Waals surface area contributed by atoms with Gasteiger partial charge in [0, 0.05) is 18.6 Å². The molecule has 0 aromatic heterocycles. The Kier molecular flexibility index (Phi) is 5.79. The van der Waals surface area contributed by atoms with Crippen LogP contribution < -0.4 is 10.6 Å². The van der Waals surface area contributed by atoms with Gasteiger partial charge in [-0.3, -0.25) is 4.79 Å². The molecule has 3 unspecified atom stereocenters. The highest BCUT2D eigenvalue weighted by molar-refractivity contribution is 5.88. The van der Waals surface area contributed by atoms with Crippen LogP contribution in [0.25, 0.3) is 0 Å². The van der Waals surface area contributed by atoms with Gasteiger partial charge in [-0.05, 0) is 48.9 Å². The maximum absolute atomic E-state index is 13.4. The van der Waals surface area contributed by atoms with Crippen LogP contribution in [0, 0.1) is 16.7 Å². The monoisotopic (exact) mass is 377 g/mol. The van der Waals surface area contributed by atoms with E-state index < -0.39 is 6.04 Å². The molecule has 0 aromatic carbocycles. The van der Waals surface area contributed by atoms with Gasteiger partial charge >= 0.3 is 6.03 Å². The number of nitrogens with zero attached hydrogens (tertiary/aromatic N) is 1. The van der Waals surface area contributed by atoms with E-state index in [1.165, 1.54) is 25.7 Å². The molecule has 0 radical (unpaired) electrons. The maximum atomic E-state index is 13.4. The molecule has 2 N–H and O–H groups in total. The molecule has 5 heteroatoms. The van der Waals surface area contributed by atoms with Gasteiger partial charge in [0.1, 0.15) is 6.04 Å². The molecule has 2 saturated carbocycles. The molecule has 3 atom stereocenters. The summed E-state index contributed by atoms with van der Waals surface area (Å²) in [6, 6.07) is -0.0506. The van der Waals surface area contributed by atoms with E-state index >= 15 is 0 Å². The molecular formula is C22H39N3O2. The zero-order chi connectivity index (χ0) is 19.8. The molecule has 0 spiro atoms. The molecule has 27 heavy (non-hydrogen) atoms. The zero-order valence-electron chi connectivity index (χ0n) is 17.9. The van der Waals surface area contributed by atoms with Gasteiger partial charge in [-0.15, -0.1) is 0 Å². The minimum absolute atomic E-state index is 0.0795. The van der Waals surface area contributed by atoms with Gasteiger partial charge < -0.3 is 15.5 Å². The molecule has 3 aliphatic rings. The Bertz CT molecular complexity index is 568. The van der Waals surface area contributed by atoms with Crippen molar-refractivity contribution in [3.8, 4) is 0 Å². The van der Waals surface area contributed by atoms with Crippen LogP contribution in [-0.4, -0.2) is 41.5 Å². The number of urea groups is 1. The molecule has 3 amide bonds. The third-order valence-electron chi connectivity index (χ3n) is 6.86. The van der Waals surface area contributed by atoms with Crippen LogP contribution in [0.15, 0.2) is 0 Å². The minimum Gasteiger partial charge on any atom is -0.337 e. The van der Waals surface area contributed by atoms with Gasteiger partial charge in [0.2, 0.25) is 5.91 Å². The Hall–Kier alpha value is -1.26. The molecule has 154 valence electrons. The number of carbonyl (C=O) groups excluding carboxylic acids is 2. The second-order valence-electron chi connectivity index (χ2n) is 10.9. The predicted molar refractivity (Wildman–Crippen MR) is 108 cm³/mol. The van der Waals surface area contributed by atoms with Crippen molar-refractivity contribution < 1.29 is 9.59 Å². The number of hydrogen-bond acceptors (Lipinski definition) is 2. The Morgan fingerprint density at radius 2 is 1.70 bits per heavy atom. The summed E-state index contributed by atoms with van der Waals surface area (Å²) in [5, 5.41) is 6.11. The number of hydrogen-bond donors (Lipinski definition) is 2. The number of carbonyl (C=O) groups is 2. The fourth-order valence-corrected chi connectivity index (χ4v) is 6.03. The quantitative estimate of drug-likeness (QED) is 0.776. The Balaban J connectivity index is 1.64. The van der Waals surface area contributed by atoms with E-state index in [4.69, 9.17) is 0 Å². The normalized spacial score (nSPS) is 31.6. The number of rotatable bonds is 4. The van der Waals surface area contributed by atoms with Crippen LogP contribution in [0.3, 0.4) is 0 Å². The van der Waals surface area contributed by atoms with Gasteiger partial charge in [-0.25, -0.2) is 4.79 Å². The van der Waals surface area contributed by atoms with Crippen molar-refractivity contribution in [1.29, 1.82) is 0 Å².